The molecule has 1 aromatic carbocycles. The molecule has 0 amide bonds. The molecule has 3 aromatic rings. The highest BCUT2D eigenvalue weighted by atomic mass is 32.1. The first-order valence-corrected chi connectivity index (χ1v) is 6.71. The minimum absolute atomic E-state index is 0.562. The maximum atomic E-state index is 9.00. The summed E-state index contributed by atoms with van der Waals surface area (Å²) in [6.45, 7) is 0. The molecular formula is C15H11N3S. The number of aromatic nitrogens is 1. The van der Waals surface area contributed by atoms with Crippen molar-refractivity contribution < 1.29 is 0 Å². The predicted octanol–water partition coefficient (Wildman–Crippen LogP) is 3.88. The average Bonchev–Trinajstić information content (AvgIpc) is 2.90. The highest BCUT2D eigenvalue weighted by Crippen LogP contribution is 2.33. The van der Waals surface area contributed by atoms with Crippen molar-refractivity contribution in [1.82, 2.24) is 4.98 Å². The van der Waals surface area contributed by atoms with Gasteiger partial charge in [-0.15, -0.1) is 11.3 Å². The number of hydrogen-bond acceptors (Lipinski definition) is 4. The van der Waals surface area contributed by atoms with Gasteiger partial charge in [0.05, 0.1) is 16.1 Å². The minimum Gasteiger partial charge on any atom is -0.372 e. The van der Waals surface area contributed by atoms with Gasteiger partial charge >= 0.3 is 0 Å². The molecule has 0 saturated carbocycles. The van der Waals surface area contributed by atoms with Gasteiger partial charge in [0.2, 0.25) is 0 Å². The number of nitriles is 1. The Morgan fingerprint density at radius 2 is 2.05 bits per heavy atom. The maximum Gasteiger partial charge on any atom is 0.144 e. The monoisotopic (exact) mass is 265 g/mol. The zero-order valence-electron chi connectivity index (χ0n) is 10.3. The lowest BCUT2D eigenvalue weighted by Gasteiger charge is -2.03. The molecule has 92 valence electrons. The van der Waals surface area contributed by atoms with Gasteiger partial charge in [0.25, 0.3) is 0 Å². The molecule has 2 heterocycles. The molecule has 0 atom stereocenters. The number of nitrogens with zero attached hydrogens (tertiary/aromatic N) is 2. The molecule has 0 unspecified atom stereocenters. The maximum absolute atomic E-state index is 9.00. The fourth-order valence-electron chi connectivity index (χ4n) is 1.99. The number of nitrogens with one attached hydrogen (secondary N) is 1. The van der Waals surface area contributed by atoms with E-state index in [0.29, 0.717) is 11.4 Å². The summed E-state index contributed by atoms with van der Waals surface area (Å²) < 4.78 is 1.25. The topological polar surface area (TPSA) is 48.7 Å². The van der Waals surface area contributed by atoms with Gasteiger partial charge in [-0.2, -0.15) is 5.26 Å². The number of rotatable bonds is 2. The van der Waals surface area contributed by atoms with E-state index in [-0.39, 0.29) is 0 Å². The van der Waals surface area contributed by atoms with Crippen molar-refractivity contribution in [1.29, 1.82) is 5.26 Å². The Balaban J connectivity index is 2.13. The predicted molar refractivity (Wildman–Crippen MR) is 79.3 cm³/mol. The molecular weight excluding hydrogens is 254 g/mol. The Kier molecular flexibility index (Phi) is 2.90. The Morgan fingerprint density at radius 1 is 1.21 bits per heavy atom. The van der Waals surface area contributed by atoms with E-state index >= 15 is 0 Å². The summed E-state index contributed by atoms with van der Waals surface area (Å²) in [7, 11) is 1.78. The van der Waals surface area contributed by atoms with Gasteiger partial charge in [0, 0.05) is 11.7 Å². The molecule has 0 bridgehead atoms. The van der Waals surface area contributed by atoms with Crippen LogP contribution < -0.4 is 5.32 Å². The van der Waals surface area contributed by atoms with Crippen molar-refractivity contribution >= 4 is 27.2 Å². The molecule has 3 nitrogen and oxygen atoms in total. The van der Waals surface area contributed by atoms with Crippen LogP contribution >= 0.6 is 11.3 Å². The van der Waals surface area contributed by atoms with Gasteiger partial charge < -0.3 is 5.32 Å². The number of anilines is 1. The van der Waals surface area contributed by atoms with Gasteiger partial charge in [-0.3, -0.25) is 0 Å². The first-order valence-electron chi connectivity index (χ1n) is 5.89. The van der Waals surface area contributed by atoms with Gasteiger partial charge in [0.1, 0.15) is 11.9 Å². The SMILES string of the molecule is CNc1nc(-c2cc3ccccc3s2)ccc1C#N. The van der Waals surface area contributed by atoms with Gasteiger partial charge in [0.15, 0.2) is 0 Å². The number of benzene rings is 1. The fraction of sp³-hybridized carbons (Fsp3) is 0.0667. The van der Waals surface area contributed by atoms with Crippen molar-refractivity contribution in [3.63, 3.8) is 0 Å². The van der Waals surface area contributed by atoms with E-state index in [1.165, 1.54) is 10.1 Å². The van der Waals surface area contributed by atoms with Crippen LogP contribution in [0.25, 0.3) is 20.7 Å². The smallest absolute Gasteiger partial charge is 0.144 e. The summed E-state index contributed by atoms with van der Waals surface area (Å²) in [6, 6.07) is 16.2. The summed E-state index contributed by atoms with van der Waals surface area (Å²) in [5.74, 6) is 0.623. The van der Waals surface area contributed by atoms with Gasteiger partial charge in [-0.25, -0.2) is 4.98 Å². The van der Waals surface area contributed by atoms with Crippen molar-refractivity contribution in [2.75, 3.05) is 12.4 Å². The van der Waals surface area contributed by atoms with Crippen LogP contribution in [0.5, 0.6) is 0 Å². The highest BCUT2D eigenvalue weighted by Gasteiger charge is 2.08. The summed E-state index contributed by atoms with van der Waals surface area (Å²) in [6.07, 6.45) is 0. The summed E-state index contributed by atoms with van der Waals surface area (Å²) in [5.41, 5.74) is 1.46. The van der Waals surface area contributed by atoms with Crippen LogP contribution in [-0.4, -0.2) is 12.0 Å². The molecule has 1 N–H and O–H groups in total. The van der Waals surface area contributed by atoms with E-state index < -0.39 is 0 Å². The third kappa shape index (κ3) is 2.05. The number of fused-ring (bicyclic) bond motifs is 1. The Labute approximate surface area is 115 Å². The quantitative estimate of drug-likeness (QED) is 0.765. The molecule has 4 heteroatoms. The second-order valence-electron chi connectivity index (χ2n) is 4.10. The molecule has 0 saturated heterocycles. The van der Waals surface area contributed by atoms with Crippen molar-refractivity contribution in [3.05, 3.63) is 48.0 Å². The molecule has 19 heavy (non-hydrogen) atoms. The number of thiophene rings is 1. The van der Waals surface area contributed by atoms with Crippen LogP contribution in [0, 0.1) is 11.3 Å². The largest absolute Gasteiger partial charge is 0.372 e. The number of pyridine rings is 1. The van der Waals surface area contributed by atoms with E-state index in [1.54, 1.807) is 24.5 Å². The van der Waals surface area contributed by atoms with Crippen LogP contribution in [0.3, 0.4) is 0 Å². The summed E-state index contributed by atoms with van der Waals surface area (Å²) >= 11 is 1.71. The lowest BCUT2D eigenvalue weighted by atomic mass is 10.2. The van der Waals surface area contributed by atoms with Crippen LogP contribution in [0.4, 0.5) is 5.82 Å². The number of hydrogen-bond donors (Lipinski definition) is 1. The van der Waals surface area contributed by atoms with Crippen molar-refractivity contribution in [2.24, 2.45) is 0 Å². The molecule has 2 aromatic heterocycles. The first kappa shape index (κ1) is 11.7. The lowest BCUT2D eigenvalue weighted by molar-refractivity contribution is 1.27. The zero-order chi connectivity index (χ0) is 13.2. The van der Waals surface area contributed by atoms with Crippen LogP contribution in [-0.2, 0) is 0 Å². The third-order valence-electron chi connectivity index (χ3n) is 2.93. The van der Waals surface area contributed by atoms with E-state index in [4.69, 9.17) is 5.26 Å². The molecule has 0 aliphatic carbocycles. The van der Waals surface area contributed by atoms with Gasteiger partial charge in [-0.05, 0) is 29.7 Å². The van der Waals surface area contributed by atoms with E-state index in [2.05, 4.69) is 34.6 Å². The average molecular weight is 265 g/mol. The molecule has 0 radical (unpaired) electrons. The van der Waals surface area contributed by atoms with Crippen LogP contribution in [0.2, 0.25) is 0 Å². The Bertz CT molecular complexity index is 750. The fourth-order valence-corrected chi connectivity index (χ4v) is 3.02. The third-order valence-corrected chi connectivity index (χ3v) is 4.07. The zero-order valence-corrected chi connectivity index (χ0v) is 11.2. The normalized spacial score (nSPS) is 10.3. The standard InChI is InChI=1S/C15H11N3S/c1-17-15-11(9-16)6-7-12(18-15)14-8-10-4-2-3-5-13(10)19-14/h2-8H,1H3,(H,17,18). The second kappa shape index (κ2) is 4.71. The molecule has 0 fully saturated rings. The molecule has 0 aliphatic heterocycles. The van der Waals surface area contributed by atoms with Crippen LogP contribution in [0.1, 0.15) is 5.56 Å². The molecule has 0 aliphatic rings. The first-order chi connectivity index (χ1) is 9.31. The summed E-state index contributed by atoms with van der Waals surface area (Å²) in [4.78, 5) is 5.62. The van der Waals surface area contributed by atoms with Crippen molar-refractivity contribution in [3.8, 4) is 16.6 Å². The Hall–Kier alpha value is -2.38. The molecule has 3 rings (SSSR count). The minimum atomic E-state index is 0.562. The summed E-state index contributed by atoms with van der Waals surface area (Å²) in [5, 5.41) is 13.2. The van der Waals surface area contributed by atoms with Crippen molar-refractivity contribution in [2.45, 2.75) is 0 Å². The molecule has 0 spiro atoms. The van der Waals surface area contributed by atoms with E-state index in [0.717, 1.165) is 10.6 Å². The Morgan fingerprint density at radius 3 is 2.79 bits per heavy atom. The van der Waals surface area contributed by atoms with E-state index in [1.807, 2.05) is 18.2 Å². The second-order valence-corrected chi connectivity index (χ2v) is 5.19. The van der Waals surface area contributed by atoms with E-state index in [9.17, 15) is 0 Å². The van der Waals surface area contributed by atoms with Crippen LogP contribution in [0.15, 0.2) is 42.5 Å². The highest BCUT2D eigenvalue weighted by molar-refractivity contribution is 7.22. The van der Waals surface area contributed by atoms with Gasteiger partial charge in [-0.1, -0.05) is 18.2 Å². The lowest BCUT2D eigenvalue weighted by Crippen LogP contribution is -1.96.